The van der Waals surface area contributed by atoms with Crippen molar-refractivity contribution in [3.63, 3.8) is 0 Å². The van der Waals surface area contributed by atoms with Gasteiger partial charge in [0, 0.05) is 25.0 Å². The molecule has 0 aromatic heterocycles. The molecule has 0 aliphatic rings. The Morgan fingerprint density at radius 1 is 1.26 bits per heavy atom. The fourth-order valence-electron chi connectivity index (χ4n) is 1.36. The number of amides is 3. The van der Waals surface area contributed by atoms with Gasteiger partial charge in [0.25, 0.3) is 0 Å². The van der Waals surface area contributed by atoms with E-state index in [1.807, 2.05) is 0 Å². The summed E-state index contributed by atoms with van der Waals surface area (Å²) in [5.74, 6) is 0.375. The van der Waals surface area contributed by atoms with E-state index < -0.39 is 6.03 Å². The molecule has 3 amide bonds. The normalized spacial score (nSPS) is 9.63. The molecular weight excluding hydrogens is 270 g/mol. The number of nitrogens with one attached hydrogen (secondary N) is 3. The second-order valence-corrected chi connectivity index (χ2v) is 4.14. The fourth-order valence-corrected chi connectivity index (χ4v) is 1.53. The number of ether oxygens (including phenoxy) is 1. The number of carbonyl (C=O) groups excluding carboxylic acids is 2. The minimum atomic E-state index is -0.397. The van der Waals surface area contributed by atoms with Crippen LogP contribution in [0, 0.1) is 0 Å². The van der Waals surface area contributed by atoms with E-state index in [4.69, 9.17) is 16.3 Å². The van der Waals surface area contributed by atoms with Crippen molar-refractivity contribution in [1.29, 1.82) is 0 Å². The van der Waals surface area contributed by atoms with Crippen molar-refractivity contribution in [1.82, 2.24) is 10.6 Å². The molecule has 1 aromatic carbocycles. The maximum Gasteiger partial charge on any atom is 0.319 e. The maximum atomic E-state index is 11.6. The maximum absolute atomic E-state index is 11.6. The Balaban J connectivity index is 2.47. The van der Waals surface area contributed by atoms with Gasteiger partial charge in [-0.3, -0.25) is 4.79 Å². The van der Waals surface area contributed by atoms with Gasteiger partial charge in [-0.2, -0.15) is 0 Å². The monoisotopic (exact) mass is 285 g/mol. The smallest absolute Gasteiger partial charge is 0.319 e. The molecule has 6 nitrogen and oxygen atoms in total. The van der Waals surface area contributed by atoms with Crippen molar-refractivity contribution in [2.75, 3.05) is 25.5 Å². The lowest BCUT2D eigenvalue weighted by atomic mass is 10.3. The van der Waals surface area contributed by atoms with Crippen molar-refractivity contribution < 1.29 is 14.3 Å². The summed E-state index contributed by atoms with van der Waals surface area (Å²) in [4.78, 5) is 22.2. The lowest BCUT2D eigenvalue weighted by molar-refractivity contribution is -0.118. The third kappa shape index (κ3) is 5.48. The van der Waals surface area contributed by atoms with Gasteiger partial charge in [0.15, 0.2) is 0 Å². The highest BCUT2D eigenvalue weighted by Crippen LogP contribution is 2.27. The Bertz CT molecular complexity index is 466. The molecular formula is C12H16ClN3O3. The van der Waals surface area contributed by atoms with Crippen LogP contribution < -0.4 is 20.7 Å². The number of rotatable bonds is 5. The first-order valence-electron chi connectivity index (χ1n) is 5.65. The van der Waals surface area contributed by atoms with Crippen LogP contribution in [0.3, 0.4) is 0 Å². The molecule has 0 spiro atoms. The van der Waals surface area contributed by atoms with Crippen molar-refractivity contribution in [2.45, 2.75) is 6.92 Å². The first-order chi connectivity index (χ1) is 9.02. The van der Waals surface area contributed by atoms with E-state index in [0.29, 0.717) is 29.5 Å². The number of urea groups is 1. The van der Waals surface area contributed by atoms with Gasteiger partial charge in [0.1, 0.15) is 5.75 Å². The average Bonchev–Trinajstić information content (AvgIpc) is 2.35. The predicted molar refractivity (Wildman–Crippen MR) is 73.7 cm³/mol. The van der Waals surface area contributed by atoms with Gasteiger partial charge < -0.3 is 20.7 Å². The first kappa shape index (κ1) is 15.1. The molecule has 0 heterocycles. The van der Waals surface area contributed by atoms with Crippen molar-refractivity contribution in [2.24, 2.45) is 0 Å². The van der Waals surface area contributed by atoms with Crippen molar-refractivity contribution in [3.05, 3.63) is 23.2 Å². The van der Waals surface area contributed by atoms with E-state index in [1.54, 1.807) is 18.2 Å². The number of methoxy groups -OCH3 is 1. The minimum Gasteiger partial charge on any atom is -0.495 e. The number of hydrogen-bond acceptors (Lipinski definition) is 3. The molecule has 0 bridgehead atoms. The summed E-state index contributed by atoms with van der Waals surface area (Å²) in [7, 11) is 1.50. The molecule has 0 saturated heterocycles. The lowest BCUT2D eigenvalue weighted by Crippen LogP contribution is -2.36. The number of anilines is 1. The van der Waals surface area contributed by atoms with E-state index in [1.165, 1.54) is 14.0 Å². The summed E-state index contributed by atoms with van der Waals surface area (Å²) in [5, 5.41) is 8.28. The van der Waals surface area contributed by atoms with Crippen LogP contribution in [0.1, 0.15) is 6.92 Å². The third-order valence-corrected chi connectivity index (χ3v) is 2.43. The molecule has 104 valence electrons. The molecule has 0 saturated carbocycles. The number of hydrogen-bond donors (Lipinski definition) is 3. The van der Waals surface area contributed by atoms with E-state index in [9.17, 15) is 9.59 Å². The molecule has 1 rings (SSSR count). The second-order valence-electron chi connectivity index (χ2n) is 3.71. The van der Waals surface area contributed by atoms with Crippen LogP contribution in [0.25, 0.3) is 0 Å². The van der Waals surface area contributed by atoms with Crippen molar-refractivity contribution >= 4 is 29.2 Å². The Morgan fingerprint density at radius 2 is 1.95 bits per heavy atom. The zero-order chi connectivity index (χ0) is 14.3. The second kappa shape index (κ2) is 7.48. The van der Waals surface area contributed by atoms with Gasteiger partial charge in [-0.1, -0.05) is 11.6 Å². The summed E-state index contributed by atoms with van der Waals surface area (Å²) in [6.45, 7) is 2.11. The molecule has 0 radical (unpaired) electrons. The minimum absolute atomic E-state index is 0.140. The molecule has 3 N–H and O–H groups in total. The van der Waals surface area contributed by atoms with Crippen LogP contribution in [0.15, 0.2) is 18.2 Å². The quantitative estimate of drug-likeness (QED) is 0.719. The van der Waals surface area contributed by atoms with Crippen LogP contribution in [0.4, 0.5) is 10.5 Å². The Labute approximate surface area is 116 Å². The van der Waals surface area contributed by atoms with Crippen molar-refractivity contribution in [3.8, 4) is 5.75 Å². The molecule has 7 heteroatoms. The van der Waals surface area contributed by atoms with E-state index in [2.05, 4.69) is 16.0 Å². The number of benzene rings is 1. The van der Waals surface area contributed by atoms with Gasteiger partial charge in [0.2, 0.25) is 5.91 Å². The summed E-state index contributed by atoms with van der Waals surface area (Å²) in [5.41, 5.74) is 0.479. The topological polar surface area (TPSA) is 79.5 Å². The molecule has 0 aliphatic heterocycles. The molecule has 1 aromatic rings. The van der Waals surface area contributed by atoms with Crippen LogP contribution in [0.5, 0.6) is 5.75 Å². The van der Waals surface area contributed by atoms with Crippen LogP contribution in [-0.2, 0) is 4.79 Å². The number of carbonyl (C=O) groups is 2. The summed E-state index contributed by atoms with van der Waals surface area (Å²) in [6, 6.07) is 4.52. The molecule has 0 unspecified atom stereocenters. The Morgan fingerprint density at radius 3 is 2.58 bits per heavy atom. The van der Waals surface area contributed by atoms with E-state index >= 15 is 0 Å². The first-order valence-corrected chi connectivity index (χ1v) is 6.03. The van der Waals surface area contributed by atoms with Crippen LogP contribution in [0.2, 0.25) is 5.02 Å². The highest BCUT2D eigenvalue weighted by Gasteiger charge is 2.07. The summed E-state index contributed by atoms with van der Waals surface area (Å²) < 4.78 is 5.10. The molecule has 0 atom stereocenters. The third-order valence-electron chi connectivity index (χ3n) is 2.19. The van der Waals surface area contributed by atoms with Gasteiger partial charge in [-0.25, -0.2) is 4.79 Å². The van der Waals surface area contributed by atoms with Gasteiger partial charge in [0.05, 0.1) is 12.8 Å². The largest absolute Gasteiger partial charge is 0.495 e. The molecule has 0 aliphatic carbocycles. The van der Waals surface area contributed by atoms with Gasteiger partial charge in [-0.15, -0.1) is 0 Å². The van der Waals surface area contributed by atoms with Gasteiger partial charge >= 0.3 is 6.03 Å². The van der Waals surface area contributed by atoms with E-state index in [0.717, 1.165) is 0 Å². The summed E-state index contributed by atoms with van der Waals surface area (Å²) in [6.07, 6.45) is 0. The highest BCUT2D eigenvalue weighted by molar-refractivity contribution is 6.31. The zero-order valence-electron chi connectivity index (χ0n) is 10.7. The Kier molecular flexibility index (Phi) is 5.95. The molecule has 0 fully saturated rings. The van der Waals surface area contributed by atoms with Crippen LogP contribution >= 0.6 is 11.6 Å². The summed E-state index contributed by atoms with van der Waals surface area (Å²) >= 11 is 5.84. The molecule has 19 heavy (non-hydrogen) atoms. The fraction of sp³-hybridized carbons (Fsp3) is 0.333. The van der Waals surface area contributed by atoms with Crippen LogP contribution in [-0.4, -0.2) is 32.1 Å². The SMILES string of the molecule is COc1ccc(Cl)cc1NC(=O)NCCNC(C)=O. The standard InChI is InChI=1S/C12H16ClN3O3/c1-8(17)14-5-6-15-12(18)16-10-7-9(13)3-4-11(10)19-2/h3-4,7H,5-6H2,1-2H3,(H,14,17)(H2,15,16,18). The lowest BCUT2D eigenvalue weighted by Gasteiger charge is -2.11. The predicted octanol–water partition coefficient (Wildman–Crippen LogP) is 1.61. The Hall–Kier alpha value is -1.95. The average molecular weight is 286 g/mol. The van der Waals surface area contributed by atoms with Gasteiger partial charge in [-0.05, 0) is 18.2 Å². The highest BCUT2D eigenvalue weighted by atomic mass is 35.5. The number of halogens is 1. The van der Waals surface area contributed by atoms with E-state index in [-0.39, 0.29) is 5.91 Å². The zero-order valence-corrected chi connectivity index (χ0v) is 11.5.